The molecule has 2 heterocycles. The van der Waals surface area contributed by atoms with Crippen molar-refractivity contribution in [3.63, 3.8) is 0 Å². The molecule has 7 heteroatoms. The summed E-state index contributed by atoms with van der Waals surface area (Å²) in [5.41, 5.74) is -1.60. The number of piperidine rings is 1. The van der Waals surface area contributed by atoms with Crippen molar-refractivity contribution in [2.75, 3.05) is 13.1 Å². The van der Waals surface area contributed by atoms with E-state index in [0.29, 0.717) is 12.6 Å². The van der Waals surface area contributed by atoms with Crippen molar-refractivity contribution in [1.82, 2.24) is 15.1 Å². The highest BCUT2D eigenvalue weighted by atomic mass is 19.4. The lowest BCUT2D eigenvalue weighted by Crippen LogP contribution is -2.34. The molecule has 0 aliphatic carbocycles. The fourth-order valence-electron chi connectivity index (χ4n) is 2.05. The van der Waals surface area contributed by atoms with E-state index in [0.717, 1.165) is 30.6 Å². The monoisotopic (exact) mass is 249 g/mol. The smallest absolute Gasteiger partial charge is 0.316 e. The van der Waals surface area contributed by atoms with Crippen LogP contribution in [-0.2, 0) is 12.7 Å². The number of H-pyrrole nitrogens is 1. The fraction of sp³-hybridized carbons (Fsp3) is 0.700. The Morgan fingerprint density at radius 1 is 1.47 bits per heavy atom. The van der Waals surface area contributed by atoms with Crippen LogP contribution in [0.5, 0.6) is 0 Å². The SMILES string of the molecule is O=c1cc(C(F)(F)F)[nH]n1C[C@H]1CCCNC1. The number of nitrogens with one attached hydrogen (secondary N) is 2. The van der Waals surface area contributed by atoms with Crippen LogP contribution in [0.3, 0.4) is 0 Å². The van der Waals surface area contributed by atoms with Crippen LogP contribution in [0.1, 0.15) is 18.5 Å². The van der Waals surface area contributed by atoms with E-state index >= 15 is 0 Å². The minimum absolute atomic E-state index is 0.209. The van der Waals surface area contributed by atoms with Crippen molar-refractivity contribution >= 4 is 0 Å². The molecule has 1 aliphatic rings. The van der Waals surface area contributed by atoms with E-state index in [4.69, 9.17) is 0 Å². The van der Waals surface area contributed by atoms with Crippen molar-refractivity contribution < 1.29 is 13.2 Å². The quantitative estimate of drug-likeness (QED) is 0.827. The third-order valence-corrected chi connectivity index (χ3v) is 2.93. The van der Waals surface area contributed by atoms with Gasteiger partial charge in [-0.05, 0) is 31.8 Å². The van der Waals surface area contributed by atoms with Crippen molar-refractivity contribution in [3.05, 3.63) is 22.1 Å². The third-order valence-electron chi connectivity index (χ3n) is 2.93. The normalized spacial score (nSPS) is 21.7. The summed E-state index contributed by atoms with van der Waals surface area (Å²) in [7, 11) is 0. The van der Waals surface area contributed by atoms with Gasteiger partial charge in [-0.15, -0.1) is 0 Å². The van der Waals surface area contributed by atoms with Crippen LogP contribution >= 0.6 is 0 Å². The van der Waals surface area contributed by atoms with Crippen LogP contribution < -0.4 is 10.9 Å². The van der Waals surface area contributed by atoms with Crippen LogP contribution in [0.2, 0.25) is 0 Å². The van der Waals surface area contributed by atoms with Gasteiger partial charge in [-0.25, -0.2) is 0 Å². The Bertz CT molecular complexity index is 429. The molecule has 0 radical (unpaired) electrons. The fourth-order valence-corrected chi connectivity index (χ4v) is 2.05. The first-order valence-electron chi connectivity index (χ1n) is 5.54. The van der Waals surface area contributed by atoms with E-state index in [1.165, 1.54) is 0 Å². The number of rotatable bonds is 2. The highest BCUT2D eigenvalue weighted by molar-refractivity contribution is 5.03. The molecule has 1 aromatic rings. The van der Waals surface area contributed by atoms with Crippen LogP contribution in [0.4, 0.5) is 13.2 Å². The Morgan fingerprint density at radius 2 is 2.24 bits per heavy atom. The molecular weight excluding hydrogens is 235 g/mol. The zero-order chi connectivity index (χ0) is 12.5. The Hall–Kier alpha value is -1.24. The number of hydrogen-bond donors (Lipinski definition) is 2. The Morgan fingerprint density at radius 3 is 2.76 bits per heavy atom. The predicted octanol–water partition coefficient (Wildman–Crippen LogP) is 1.19. The summed E-state index contributed by atoms with van der Waals surface area (Å²) in [6.07, 6.45) is -2.57. The van der Waals surface area contributed by atoms with Crippen molar-refractivity contribution in [2.45, 2.75) is 25.6 Å². The molecule has 0 spiro atoms. The summed E-state index contributed by atoms with van der Waals surface area (Å²) in [6, 6.07) is 0.607. The zero-order valence-electron chi connectivity index (χ0n) is 9.18. The van der Waals surface area contributed by atoms with Gasteiger partial charge in [0.05, 0.1) is 0 Å². The van der Waals surface area contributed by atoms with Crippen LogP contribution in [-0.4, -0.2) is 22.9 Å². The Labute approximate surface area is 95.8 Å². The summed E-state index contributed by atoms with van der Waals surface area (Å²) >= 11 is 0. The molecule has 1 fully saturated rings. The molecular formula is C10H14F3N3O. The third kappa shape index (κ3) is 2.91. The second-order valence-electron chi connectivity index (χ2n) is 4.33. The predicted molar refractivity (Wildman–Crippen MR) is 55.6 cm³/mol. The van der Waals surface area contributed by atoms with Gasteiger partial charge in [-0.1, -0.05) is 0 Å². The number of alkyl halides is 3. The molecule has 96 valence electrons. The number of halogens is 3. The minimum Gasteiger partial charge on any atom is -0.316 e. The van der Waals surface area contributed by atoms with Gasteiger partial charge in [0.2, 0.25) is 0 Å². The molecule has 0 aromatic carbocycles. The maximum absolute atomic E-state index is 12.4. The van der Waals surface area contributed by atoms with Gasteiger partial charge < -0.3 is 5.32 Å². The van der Waals surface area contributed by atoms with E-state index in [2.05, 4.69) is 10.4 Å². The first-order valence-corrected chi connectivity index (χ1v) is 5.54. The highest BCUT2D eigenvalue weighted by Gasteiger charge is 2.33. The summed E-state index contributed by atoms with van der Waals surface area (Å²) in [5, 5.41) is 5.28. The topological polar surface area (TPSA) is 49.8 Å². The summed E-state index contributed by atoms with van der Waals surface area (Å²) < 4.78 is 38.1. The lowest BCUT2D eigenvalue weighted by atomic mass is 10.00. The number of aromatic amines is 1. The maximum atomic E-state index is 12.4. The average Bonchev–Trinajstić information content (AvgIpc) is 2.62. The largest absolute Gasteiger partial charge is 0.432 e. The van der Waals surface area contributed by atoms with Gasteiger partial charge in [0, 0.05) is 12.6 Å². The van der Waals surface area contributed by atoms with E-state index in [9.17, 15) is 18.0 Å². The molecule has 2 rings (SSSR count). The first-order chi connectivity index (χ1) is 7.97. The second kappa shape index (κ2) is 4.56. The van der Waals surface area contributed by atoms with E-state index in [-0.39, 0.29) is 5.92 Å². The van der Waals surface area contributed by atoms with Crippen molar-refractivity contribution in [1.29, 1.82) is 0 Å². The van der Waals surface area contributed by atoms with Gasteiger partial charge >= 0.3 is 6.18 Å². The summed E-state index contributed by atoms with van der Waals surface area (Å²) in [4.78, 5) is 11.4. The van der Waals surface area contributed by atoms with Crippen LogP contribution in [0.15, 0.2) is 10.9 Å². The Balaban J connectivity index is 2.10. The summed E-state index contributed by atoms with van der Waals surface area (Å²) in [5.74, 6) is 0.209. The molecule has 0 amide bonds. The maximum Gasteiger partial charge on any atom is 0.432 e. The van der Waals surface area contributed by atoms with Crippen LogP contribution in [0, 0.1) is 5.92 Å². The molecule has 17 heavy (non-hydrogen) atoms. The molecule has 1 aromatic heterocycles. The number of hydrogen-bond acceptors (Lipinski definition) is 2. The zero-order valence-corrected chi connectivity index (χ0v) is 9.18. The molecule has 1 saturated heterocycles. The molecule has 0 saturated carbocycles. The van der Waals surface area contributed by atoms with E-state index < -0.39 is 17.4 Å². The molecule has 0 unspecified atom stereocenters. The lowest BCUT2D eigenvalue weighted by molar-refractivity contribution is -0.141. The van der Waals surface area contributed by atoms with Gasteiger partial charge in [-0.3, -0.25) is 14.6 Å². The molecule has 1 atom stereocenters. The average molecular weight is 249 g/mol. The summed E-state index contributed by atoms with van der Waals surface area (Å²) in [6.45, 7) is 1.98. The molecule has 2 N–H and O–H groups in total. The minimum atomic E-state index is -4.49. The number of nitrogens with zero attached hydrogens (tertiary/aromatic N) is 1. The lowest BCUT2D eigenvalue weighted by Gasteiger charge is -2.22. The molecule has 0 bridgehead atoms. The van der Waals surface area contributed by atoms with Gasteiger partial charge in [-0.2, -0.15) is 13.2 Å². The first kappa shape index (κ1) is 12.2. The van der Waals surface area contributed by atoms with Gasteiger partial charge in [0.1, 0.15) is 5.69 Å². The van der Waals surface area contributed by atoms with Gasteiger partial charge in [0.15, 0.2) is 0 Å². The van der Waals surface area contributed by atoms with E-state index in [1.54, 1.807) is 0 Å². The highest BCUT2D eigenvalue weighted by Crippen LogP contribution is 2.26. The second-order valence-corrected chi connectivity index (χ2v) is 4.33. The molecule has 4 nitrogen and oxygen atoms in total. The Kier molecular flexibility index (Phi) is 3.28. The van der Waals surface area contributed by atoms with Crippen molar-refractivity contribution in [2.24, 2.45) is 5.92 Å². The van der Waals surface area contributed by atoms with Crippen LogP contribution in [0.25, 0.3) is 0 Å². The molecule has 1 aliphatic heterocycles. The van der Waals surface area contributed by atoms with Crippen molar-refractivity contribution in [3.8, 4) is 0 Å². The van der Waals surface area contributed by atoms with E-state index in [1.807, 2.05) is 0 Å². The number of aromatic nitrogens is 2. The standard InChI is InChI=1S/C10H14F3N3O/c11-10(12,13)8-4-9(17)16(15-8)6-7-2-1-3-14-5-7/h4,7,14-15H,1-3,5-6H2/t7-/m0/s1. The van der Waals surface area contributed by atoms with Gasteiger partial charge in [0.25, 0.3) is 5.56 Å².